The molecule has 0 bridgehead atoms. The van der Waals surface area contributed by atoms with Gasteiger partial charge in [-0.3, -0.25) is 4.79 Å². The molecule has 3 nitrogen and oxygen atoms in total. The van der Waals surface area contributed by atoms with Gasteiger partial charge in [-0.05, 0) is 23.9 Å². The smallest absolute Gasteiger partial charge is 0.283 e. The summed E-state index contributed by atoms with van der Waals surface area (Å²) in [5.41, 5.74) is 1.05. The van der Waals surface area contributed by atoms with Crippen LogP contribution in [0.15, 0.2) is 6.07 Å². The van der Waals surface area contributed by atoms with Crippen LogP contribution >= 0.6 is 23.3 Å². The molecule has 0 radical (unpaired) electrons. The first kappa shape index (κ1) is 11.5. The maximum atomic E-state index is 11.1. The number of carbonyl (C=O) groups is 1. The van der Waals surface area contributed by atoms with E-state index in [1.54, 1.807) is 6.26 Å². The molecule has 5 heteroatoms. The molecule has 1 aromatic heterocycles. The fraction of sp³-hybridized carbons (Fsp3) is 0.556. The largest absolute Gasteiger partial charge is 0.307 e. The van der Waals surface area contributed by atoms with Gasteiger partial charge in [0.1, 0.15) is 5.00 Å². The van der Waals surface area contributed by atoms with Gasteiger partial charge >= 0.3 is 0 Å². The lowest BCUT2D eigenvalue weighted by atomic mass is 9.92. The molecule has 0 saturated carbocycles. The standard InChI is InChI=1S/C9H14N2OS2/c1-9(2,3)6-5-7(14-11-6)10-8(12)13-4/h5H,1-4H3,(H,10,12). The van der Waals surface area contributed by atoms with E-state index in [4.69, 9.17) is 0 Å². The Hall–Kier alpha value is -0.550. The van der Waals surface area contributed by atoms with E-state index < -0.39 is 0 Å². The molecule has 0 aromatic carbocycles. The van der Waals surface area contributed by atoms with Crippen LogP contribution in [0.1, 0.15) is 26.5 Å². The summed E-state index contributed by atoms with van der Waals surface area (Å²) in [6.07, 6.45) is 1.75. The average Bonchev–Trinajstić information content (AvgIpc) is 2.51. The molecule has 1 rings (SSSR count). The second-order valence-electron chi connectivity index (χ2n) is 3.94. The molecule has 0 aliphatic rings. The highest BCUT2D eigenvalue weighted by Gasteiger charge is 2.17. The molecule has 0 unspecified atom stereocenters. The van der Waals surface area contributed by atoms with Crippen LogP contribution in [0.5, 0.6) is 0 Å². The van der Waals surface area contributed by atoms with Crippen LogP contribution in [0.4, 0.5) is 9.80 Å². The minimum Gasteiger partial charge on any atom is -0.307 e. The van der Waals surface area contributed by atoms with Gasteiger partial charge in [-0.2, -0.15) is 4.37 Å². The van der Waals surface area contributed by atoms with Crippen LogP contribution < -0.4 is 5.32 Å². The monoisotopic (exact) mass is 230 g/mol. The zero-order valence-corrected chi connectivity index (χ0v) is 10.4. The Bertz CT molecular complexity index is 328. The molecule has 0 atom stereocenters. The highest BCUT2D eigenvalue weighted by molar-refractivity contribution is 8.13. The average molecular weight is 230 g/mol. The summed E-state index contributed by atoms with van der Waals surface area (Å²) in [6.45, 7) is 6.30. The normalized spacial score (nSPS) is 11.4. The Labute approximate surface area is 92.5 Å². The maximum Gasteiger partial charge on any atom is 0.283 e. The van der Waals surface area contributed by atoms with E-state index in [9.17, 15) is 4.79 Å². The van der Waals surface area contributed by atoms with Gasteiger partial charge in [0.05, 0.1) is 5.69 Å². The van der Waals surface area contributed by atoms with Crippen molar-refractivity contribution in [1.82, 2.24) is 4.37 Å². The molecule has 0 aliphatic heterocycles. The molecule has 1 N–H and O–H groups in total. The minimum absolute atomic E-state index is 0.0405. The van der Waals surface area contributed by atoms with Crippen LogP contribution in [-0.4, -0.2) is 15.9 Å². The molecule has 0 aliphatic carbocycles. The summed E-state index contributed by atoms with van der Waals surface area (Å²) in [5, 5.41) is 3.53. The first-order chi connectivity index (χ1) is 6.43. The number of thioether (sulfide) groups is 1. The van der Waals surface area contributed by atoms with Gasteiger partial charge < -0.3 is 5.32 Å². The summed E-state index contributed by atoms with van der Waals surface area (Å²) in [4.78, 5) is 11.1. The van der Waals surface area contributed by atoms with Crippen molar-refractivity contribution in [1.29, 1.82) is 0 Å². The second-order valence-corrected chi connectivity index (χ2v) is 5.53. The Kier molecular flexibility index (Phi) is 3.55. The summed E-state index contributed by atoms with van der Waals surface area (Å²) >= 11 is 2.49. The lowest BCUT2D eigenvalue weighted by Gasteiger charge is -2.13. The summed E-state index contributed by atoms with van der Waals surface area (Å²) in [7, 11) is 0. The van der Waals surface area contributed by atoms with Crippen molar-refractivity contribution >= 4 is 33.5 Å². The van der Waals surface area contributed by atoms with E-state index in [0.717, 1.165) is 10.7 Å². The number of carbonyl (C=O) groups excluding carboxylic acids is 1. The molecule has 0 fully saturated rings. The molecular weight excluding hydrogens is 216 g/mol. The van der Waals surface area contributed by atoms with E-state index >= 15 is 0 Å². The zero-order valence-electron chi connectivity index (χ0n) is 8.75. The van der Waals surface area contributed by atoms with Crippen LogP contribution in [0, 0.1) is 0 Å². The van der Waals surface area contributed by atoms with Crippen molar-refractivity contribution in [3.63, 3.8) is 0 Å². The predicted molar refractivity (Wildman–Crippen MR) is 63.3 cm³/mol. The van der Waals surface area contributed by atoms with E-state index in [2.05, 4.69) is 30.5 Å². The van der Waals surface area contributed by atoms with Crippen molar-refractivity contribution < 1.29 is 4.79 Å². The number of anilines is 1. The number of hydrogen-bond acceptors (Lipinski definition) is 4. The second kappa shape index (κ2) is 4.31. The first-order valence-electron chi connectivity index (χ1n) is 4.25. The molecule has 1 heterocycles. The predicted octanol–water partition coefficient (Wildman–Crippen LogP) is 3.34. The molecule has 0 spiro atoms. The number of nitrogens with zero attached hydrogens (tertiary/aromatic N) is 1. The van der Waals surface area contributed by atoms with Crippen LogP contribution in [-0.2, 0) is 5.41 Å². The molecule has 14 heavy (non-hydrogen) atoms. The van der Waals surface area contributed by atoms with Gasteiger partial charge in [0.25, 0.3) is 5.24 Å². The van der Waals surface area contributed by atoms with E-state index in [-0.39, 0.29) is 10.7 Å². The molecule has 1 aromatic rings. The topological polar surface area (TPSA) is 42.0 Å². The van der Waals surface area contributed by atoms with Crippen molar-refractivity contribution in [3.8, 4) is 0 Å². The van der Waals surface area contributed by atoms with E-state index in [1.165, 1.54) is 23.3 Å². The number of hydrogen-bond donors (Lipinski definition) is 1. The molecular formula is C9H14N2OS2. The number of aromatic nitrogens is 1. The fourth-order valence-electron chi connectivity index (χ4n) is 0.839. The molecule has 1 amide bonds. The van der Waals surface area contributed by atoms with Crippen LogP contribution in [0.3, 0.4) is 0 Å². The lowest BCUT2D eigenvalue weighted by molar-refractivity contribution is 0.270. The molecule has 78 valence electrons. The van der Waals surface area contributed by atoms with Gasteiger partial charge in [0.2, 0.25) is 0 Å². The lowest BCUT2D eigenvalue weighted by Crippen LogP contribution is -2.11. The number of rotatable bonds is 1. The number of nitrogens with one attached hydrogen (secondary N) is 1. The van der Waals surface area contributed by atoms with Crippen molar-refractivity contribution in [2.24, 2.45) is 0 Å². The third-order valence-corrected chi connectivity index (χ3v) is 2.87. The Morgan fingerprint density at radius 3 is 2.64 bits per heavy atom. The SMILES string of the molecule is CSC(=O)Nc1cc(C(C)(C)C)ns1. The highest BCUT2D eigenvalue weighted by Crippen LogP contribution is 2.27. The van der Waals surface area contributed by atoms with E-state index in [0.29, 0.717) is 0 Å². The first-order valence-corrected chi connectivity index (χ1v) is 6.25. The van der Waals surface area contributed by atoms with Gasteiger partial charge in [0.15, 0.2) is 0 Å². The highest BCUT2D eigenvalue weighted by atomic mass is 32.2. The Morgan fingerprint density at radius 2 is 2.21 bits per heavy atom. The number of amides is 1. The van der Waals surface area contributed by atoms with Gasteiger partial charge in [0, 0.05) is 5.41 Å². The minimum atomic E-state index is -0.0471. The summed E-state index contributed by atoms with van der Waals surface area (Å²) in [5.74, 6) is 0. The third kappa shape index (κ3) is 2.99. The molecule has 0 saturated heterocycles. The van der Waals surface area contributed by atoms with Crippen LogP contribution in [0.2, 0.25) is 0 Å². The van der Waals surface area contributed by atoms with Gasteiger partial charge in [-0.1, -0.05) is 32.5 Å². The fourth-order valence-corrected chi connectivity index (χ4v) is 1.94. The Morgan fingerprint density at radius 1 is 1.57 bits per heavy atom. The quantitative estimate of drug-likeness (QED) is 0.804. The van der Waals surface area contributed by atoms with Crippen molar-refractivity contribution in [3.05, 3.63) is 11.8 Å². The van der Waals surface area contributed by atoms with Gasteiger partial charge in [-0.15, -0.1) is 0 Å². The third-order valence-electron chi connectivity index (χ3n) is 1.69. The van der Waals surface area contributed by atoms with E-state index in [1.807, 2.05) is 6.07 Å². The van der Waals surface area contributed by atoms with Crippen molar-refractivity contribution in [2.75, 3.05) is 11.6 Å². The summed E-state index contributed by atoms with van der Waals surface area (Å²) < 4.78 is 4.29. The maximum absolute atomic E-state index is 11.1. The zero-order chi connectivity index (χ0) is 10.8. The summed E-state index contributed by atoms with van der Waals surface area (Å²) in [6, 6.07) is 1.93. The van der Waals surface area contributed by atoms with Crippen molar-refractivity contribution in [2.45, 2.75) is 26.2 Å². The van der Waals surface area contributed by atoms with Gasteiger partial charge in [-0.25, -0.2) is 0 Å². The Balaban J connectivity index is 2.74. The van der Waals surface area contributed by atoms with Crippen LogP contribution in [0.25, 0.3) is 0 Å².